The topological polar surface area (TPSA) is 243 Å². The molecule has 11 aliphatic heterocycles. The number of carboxylic acids is 1. The van der Waals surface area contributed by atoms with Crippen molar-refractivity contribution in [2.45, 2.75) is 347 Å². The van der Waals surface area contributed by atoms with Crippen LogP contribution in [0.4, 0.5) is 0 Å². The van der Waals surface area contributed by atoms with Gasteiger partial charge < -0.3 is 72.7 Å². The van der Waals surface area contributed by atoms with Crippen LogP contribution in [0.25, 0.3) is 0 Å². The molecule has 2 unspecified atom stereocenters. The molecular weight excluding hydrogens is 1140 g/mol. The summed E-state index contributed by atoms with van der Waals surface area (Å²) in [5, 5.41) is 35.0. The summed E-state index contributed by atoms with van der Waals surface area (Å²) in [7, 11) is -1.67. The summed E-state index contributed by atoms with van der Waals surface area (Å²) < 4.78 is 89.9. The fourth-order valence-electron chi connectivity index (χ4n) is 17.1. The number of ether oxygens (including phenoxy) is 11. The predicted octanol–water partition coefficient (Wildman–Crippen LogP) is 8.34. The van der Waals surface area contributed by atoms with E-state index in [-0.39, 0.29) is 128 Å². The van der Waals surface area contributed by atoms with Gasteiger partial charge in [-0.1, -0.05) is 90.2 Å². The van der Waals surface area contributed by atoms with E-state index in [0.717, 1.165) is 44.1 Å². The van der Waals surface area contributed by atoms with Gasteiger partial charge in [0.05, 0.1) is 114 Å². The van der Waals surface area contributed by atoms with Crippen LogP contribution in [0.5, 0.6) is 0 Å². The Bertz CT molecular complexity index is 2500. The number of hydrogen-bond donors (Lipinski definition) is 4. The Labute approximate surface area is 518 Å². The molecule has 0 spiro atoms. The van der Waals surface area contributed by atoms with Gasteiger partial charge in [0.15, 0.2) is 0 Å². The third-order valence-electron chi connectivity index (χ3n) is 22.4. The van der Waals surface area contributed by atoms with Gasteiger partial charge in [0.2, 0.25) is 5.91 Å². The Morgan fingerprint density at radius 3 is 2.13 bits per heavy atom. The summed E-state index contributed by atoms with van der Waals surface area (Å²) in [5.41, 5.74) is -2.77. The number of carbonyl (C=O) groups excluding carboxylic acids is 2. The molecule has 87 heavy (non-hydrogen) atoms. The first-order valence-corrected chi connectivity index (χ1v) is 35.4. The lowest BCUT2D eigenvalue weighted by molar-refractivity contribution is -0.356. The Balaban J connectivity index is 0.664. The second-order valence-electron chi connectivity index (χ2n) is 29.5. The first-order valence-electron chi connectivity index (χ1n) is 33.9. The van der Waals surface area contributed by atoms with Crippen LogP contribution in [0.3, 0.4) is 0 Å². The number of carbonyl (C=O) groups is 3. The number of esters is 1. The minimum atomic E-state index is -1.67. The van der Waals surface area contributed by atoms with Crippen molar-refractivity contribution >= 4 is 28.6 Å². The number of fused-ring (bicyclic) bond motifs is 10. The number of amides is 1. The summed E-state index contributed by atoms with van der Waals surface area (Å²) in [5.74, 6) is -2.54. The molecular formula is C67H105NO18S. The maximum absolute atomic E-state index is 13.5. The number of nitrogens with one attached hydrogen (secondary N) is 1. The Morgan fingerprint density at radius 2 is 1.39 bits per heavy atom. The van der Waals surface area contributed by atoms with Gasteiger partial charge in [0.1, 0.15) is 30.0 Å². The molecule has 0 aromatic carbocycles. The first kappa shape index (κ1) is 66.0. The molecule has 11 rings (SSSR count). The van der Waals surface area contributed by atoms with Gasteiger partial charge in [0, 0.05) is 80.6 Å². The van der Waals surface area contributed by atoms with E-state index in [4.69, 9.17) is 52.1 Å². The van der Waals surface area contributed by atoms with Gasteiger partial charge in [-0.25, -0.2) is 9.59 Å². The number of rotatable bonds is 21. The predicted molar refractivity (Wildman–Crippen MR) is 322 cm³/mol. The van der Waals surface area contributed by atoms with Crippen molar-refractivity contribution in [3.63, 3.8) is 0 Å². The minimum absolute atomic E-state index is 0.0189. The molecule has 26 atom stereocenters. The van der Waals surface area contributed by atoms with Crippen molar-refractivity contribution < 1.29 is 86.0 Å². The van der Waals surface area contributed by atoms with Crippen LogP contribution in [0, 0.1) is 11.8 Å². The van der Waals surface area contributed by atoms with Gasteiger partial charge >= 0.3 is 11.9 Å². The summed E-state index contributed by atoms with van der Waals surface area (Å²) in [4.78, 5) is 37.3. The van der Waals surface area contributed by atoms with Crippen LogP contribution in [-0.4, -0.2) is 193 Å². The van der Waals surface area contributed by atoms with E-state index in [2.05, 4.69) is 59.0 Å². The highest BCUT2D eigenvalue weighted by atomic mass is 32.2. The van der Waals surface area contributed by atoms with Crippen LogP contribution in [0.15, 0.2) is 23.8 Å². The van der Waals surface area contributed by atoms with E-state index in [0.29, 0.717) is 57.8 Å². The number of hydrogen-bond acceptors (Lipinski definition) is 17. The Hall–Kier alpha value is -2.44. The number of carboxylic acid groups (broad SMARTS) is 1. The highest BCUT2D eigenvalue weighted by molar-refractivity contribution is 7.85. The van der Waals surface area contributed by atoms with Gasteiger partial charge in [-0.05, 0) is 97.5 Å². The maximum Gasteiger partial charge on any atom is 0.331 e. The highest BCUT2D eigenvalue weighted by Crippen LogP contribution is 2.55. The Morgan fingerprint density at radius 1 is 0.690 bits per heavy atom. The molecule has 1 amide bonds. The second-order valence-corrected chi connectivity index (χ2v) is 31.1. The quantitative estimate of drug-likeness (QED) is 0.0479. The van der Waals surface area contributed by atoms with Gasteiger partial charge in [-0.15, -0.1) is 0 Å². The molecule has 9 fully saturated rings. The van der Waals surface area contributed by atoms with Crippen LogP contribution < -0.4 is 5.32 Å². The fourth-order valence-corrected chi connectivity index (χ4v) is 18.6. The summed E-state index contributed by atoms with van der Waals surface area (Å²) in [6, 6.07) is -1.30. The molecule has 0 aliphatic carbocycles. The van der Waals surface area contributed by atoms with Crippen molar-refractivity contribution in [2.75, 3.05) is 18.1 Å². The van der Waals surface area contributed by atoms with Crippen molar-refractivity contribution in [2.24, 2.45) is 11.8 Å². The van der Waals surface area contributed by atoms with Crippen molar-refractivity contribution in [1.82, 2.24) is 5.32 Å². The minimum Gasteiger partial charge on any atom is -0.480 e. The molecule has 19 nitrogen and oxygen atoms in total. The molecule has 0 aromatic rings. The van der Waals surface area contributed by atoms with E-state index < -0.39 is 81.1 Å². The van der Waals surface area contributed by atoms with E-state index in [1.807, 2.05) is 13.8 Å². The van der Waals surface area contributed by atoms with E-state index >= 15 is 0 Å². The van der Waals surface area contributed by atoms with Crippen molar-refractivity contribution in [3.05, 3.63) is 23.8 Å². The van der Waals surface area contributed by atoms with Gasteiger partial charge in [0.25, 0.3) is 0 Å². The van der Waals surface area contributed by atoms with Gasteiger partial charge in [-0.3, -0.25) is 9.00 Å². The molecule has 11 aliphatic rings. The Kier molecular flexibility index (Phi) is 20.7. The summed E-state index contributed by atoms with van der Waals surface area (Å²) in [6.45, 7) is 16.6. The lowest BCUT2D eigenvalue weighted by atomic mass is 9.72. The molecule has 0 radical (unpaired) electrons. The number of aliphatic hydroxyl groups excluding tert-OH is 2. The summed E-state index contributed by atoms with van der Waals surface area (Å²) in [6.07, 6.45) is 19.7. The fraction of sp³-hybridized carbons (Fsp3) is 0.896. The standard InChI is InChI=1S/C67H105NO18S/c1-9-10-11-12-13-14-15-16-17-18-19-22-58(71)68-43(62(73)74)38-87(75)37-41(36-69)28-42-29-52(70)67(8)56(76-42)31-48-49(83-67)30-47-44(77-48)21-20-24-63(4)57(80-47)35-66(7)55(84-63)33-54-64(5,86-66)25-23-45-60(82-54)39(2)26-46-51(78-45)34-65(6)53(79-46)32-50-61(85-65)40(3)27-59(72)81-50/h20-21,27,39,41-57,60-61,69-70H,9-19,22-26,28-38H2,1-8H3,(H,68,71)(H,73,74)/b21-20-/t39-,41?,42-,43+,44-,45+,46+,47+,48+,49-,50+,51-,52+,53-,54+,55-,56-,57-,60-,61-,63+,64-,65+,66+,67+,87?/m1/s1. The number of unbranched alkanes of at least 4 members (excludes halogenated alkanes) is 10. The average Bonchev–Trinajstić information content (AvgIpc) is 1.72. The average molecular weight is 1240 g/mol. The highest BCUT2D eigenvalue weighted by Gasteiger charge is 2.64. The largest absolute Gasteiger partial charge is 0.480 e. The van der Waals surface area contributed by atoms with E-state index in [1.54, 1.807) is 0 Å². The molecule has 4 N–H and O–H groups in total. The van der Waals surface area contributed by atoms with Crippen LogP contribution in [0.1, 0.15) is 209 Å². The molecule has 9 saturated heterocycles. The third kappa shape index (κ3) is 14.4. The van der Waals surface area contributed by atoms with Crippen LogP contribution in [-0.2, 0) is 77.3 Å². The molecule has 11 heterocycles. The summed E-state index contributed by atoms with van der Waals surface area (Å²) >= 11 is 0. The molecule has 0 saturated carbocycles. The zero-order chi connectivity index (χ0) is 61.6. The van der Waals surface area contributed by atoms with Crippen LogP contribution in [0.2, 0.25) is 0 Å². The molecule has 20 heteroatoms. The molecule has 0 aromatic heterocycles. The second kappa shape index (κ2) is 27.3. The van der Waals surface area contributed by atoms with E-state index in [1.165, 1.54) is 51.0 Å². The van der Waals surface area contributed by atoms with Crippen molar-refractivity contribution in [1.29, 1.82) is 0 Å². The SMILES string of the molecule is CCCCCCCCCCCCCC(=O)N[C@@H](CS(=O)CC(CO)C[C@@H]1C[C@H](O)[C@]2(C)O[C@@H]3C[C@@H]4O[C@@H]5C[C@]6(C)O[C@]7(C)CC[C@@H]8O[C@@H]9C[C@]%10(C)O[C@@H]%11C(C)=CC(=O)O[C@H]%11C[C@H]%10O[C@H]9C[C@@H](C)[C@H]8O[C@H]7C[C@H]6O[C@@]5(C)C/C=C\[C@H]4O[C@H]3C[C@H]2O1)C(=O)O. The normalized spacial score (nSPS) is 46.1. The lowest BCUT2D eigenvalue weighted by Gasteiger charge is -2.60. The first-order chi connectivity index (χ1) is 41.5. The zero-order valence-corrected chi connectivity index (χ0v) is 54.1. The molecule has 492 valence electrons. The number of aliphatic hydroxyl groups is 2. The zero-order valence-electron chi connectivity index (χ0n) is 53.2. The smallest absolute Gasteiger partial charge is 0.331 e. The molecule has 0 bridgehead atoms. The lowest BCUT2D eigenvalue weighted by Crippen LogP contribution is -2.70. The monoisotopic (exact) mass is 1240 g/mol. The third-order valence-corrected chi connectivity index (χ3v) is 23.9. The van der Waals surface area contributed by atoms with Gasteiger partial charge in [-0.2, -0.15) is 0 Å². The van der Waals surface area contributed by atoms with E-state index in [9.17, 15) is 33.9 Å². The van der Waals surface area contributed by atoms with Crippen LogP contribution >= 0.6 is 0 Å². The van der Waals surface area contributed by atoms with Crippen molar-refractivity contribution in [3.8, 4) is 0 Å². The number of aliphatic carboxylic acids is 1. The maximum atomic E-state index is 13.5.